The molecule has 2 N–H and O–H groups in total. The number of hydrogen-bond acceptors (Lipinski definition) is 5. The second-order valence-electron chi connectivity index (χ2n) is 6.92. The van der Waals surface area contributed by atoms with Gasteiger partial charge in [0.1, 0.15) is 0 Å². The molecular weight excluding hydrogens is 418 g/mol. The summed E-state index contributed by atoms with van der Waals surface area (Å²) in [7, 11) is -2.03. The lowest BCUT2D eigenvalue weighted by atomic mass is 10.1. The van der Waals surface area contributed by atoms with Crippen LogP contribution in [-0.2, 0) is 21.4 Å². The molecular formula is C22H25N3O5S. The van der Waals surface area contributed by atoms with Crippen molar-refractivity contribution in [3.05, 3.63) is 70.0 Å². The largest absolute Gasteiger partial charge is 0.380 e. The first-order valence-corrected chi connectivity index (χ1v) is 11.3. The zero-order valence-corrected chi connectivity index (χ0v) is 18.5. The van der Waals surface area contributed by atoms with Crippen molar-refractivity contribution < 1.29 is 17.9 Å². The molecule has 0 spiro atoms. The summed E-state index contributed by atoms with van der Waals surface area (Å²) in [5.41, 5.74) is 1.90. The molecule has 0 aliphatic rings. The number of pyridine rings is 1. The van der Waals surface area contributed by atoms with E-state index in [2.05, 4.69) is 10.3 Å². The van der Waals surface area contributed by atoms with Crippen molar-refractivity contribution in [1.29, 1.82) is 0 Å². The molecule has 0 saturated heterocycles. The van der Waals surface area contributed by atoms with Crippen LogP contribution in [-0.4, -0.2) is 43.8 Å². The van der Waals surface area contributed by atoms with Crippen LogP contribution in [0.25, 0.3) is 10.9 Å². The molecule has 9 heteroatoms. The van der Waals surface area contributed by atoms with Crippen molar-refractivity contribution in [1.82, 2.24) is 9.29 Å². The fraction of sp³-hybridized carbons (Fsp3) is 0.273. The number of anilines is 1. The molecule has 1 heterocycles. The summed E-state index contributed by atoms with van der Waals surface area (Å²) in [5.74, 6) is -0.387. The summed E-state index contributed by atoms with van der Waals surface area (Å²) in [6, 6.07) is 12.5. The number of H-pyrrole nitrogens is 1. The normalized spacial score (nSPS) is 11.7. The Morgan fingerprint density at radius 1 is 1.06 bits per heavy atom. The molecule has 8 nitrogen and oxygen atoms in total. The monoisotopic (exact) mass is 443 g/mol. The van der Waals surface area contributed by atoms with Crippen LogP contribution in [0.1, 0.15) is 29.8 Å². The maximum absolute atomic E-state index is 12.6. The Bertz CT molecular complexity index is 1250. The Balaban J connectivity index is 1.83. The van der Waals surface area contributed by atoms with Crippen LogP contribution in [0.15, 0.2) is 58.2 Å². The van der Waals surface area contributed by atoms with E-state index >= 15 is 0 Å². The third kappa shape index (κ3) is 4.84. The minimum Gasteiger partial charge on any atom is -0.380 e. The van der Waals surface area contributed by atoms with Crippen LogP contribution >= 0.6 is 0 Å². The predicted molar refractivity (Wildman–Crippen MR) is 120 cm³/mol. The van der Waals surface area contributed by atoms with Crippen molar-refractivity contribution in [2.24, 2.45) is 0 Å². The van der Waals surface area contributed by atoms with E-state index in [0.29, 0.717) is 36.5 Å². The Hall–Kier alpha value is -3.01. The van der Waals surface area contributed by atoms with Crippen molar-refractivity contribution in [3.8, 4) is 0 Å². The number of fused-ring (bicyclic) bond motifs is 1. The zero-order valence-electron chi connectivity index (χ0n) is 17.6. The van der Waals surface area contributed by atoms with E-state index in [1.165, 1.54) is 34.6 Å². The first kappa shape index (κ1) is 22.7. The maximum Gasteiger partial charge on any atom is 0.255 e. The van der Waals surface area contributed by atoms with Gasteiger partial charge < -0.3 is 15.0 Å². The Kier molecular flexibility index (Phi) is 6.89. The lowest BCUT2D eigenvalue weighted by molar-refractivity contribution is 0.102. The molecule has 0 fully saturated rings. The highest BCUT2D eigenvalue weighted by molar-refractivity contribution is 7.89. The second-order valence-corrected chi connectivity index (χ2v) is 8.86. The van der Waals surface area contributed by atoms with E-state index in [9.17, 15) is 18.0 Å². The zero-order chi connectivity index (χ0) is 22.6. The number of nitrogens with one attached hydrogen (secondary N) is 2. The quantitative estimate of drug-likeness (QED) is 0.556. The number of nitrogens with zero attached hydrogens (tertiary/aromatic N) is 1. The lowest BCUT2D eigenvalue weighted by Gasteiger charge is -2.18. The molecule has 31 heavy (non-hydrogen) atoms. The summed E-state index contributed by atoms with van der Waals surface area (Å²) >= 11 is 0. The van der Waals surface area contributed by atoms with Gasteiger partial charge in [-0.3, -0.25) is 9.59 Å². The number of carbonyl (C=O) groups is 1. The molecule has 0 atom stereocenters. The van der Waals surface area contributed by atoms with E-state index in [-0.39, 0.29) is 16.4 Å². The van der Waals surface area contributed by atoms with Crippen LogP contribution < -0.4 is 10.9 Å². The van der Waals surface area contributed by atoms with Crippen LogP contribution in [0.3, 0.4) is 0 Å². The summed E-state index contributed by atoms with van der Waals surface area (Å²) < 4.78 is 31.7. The summed E-state index contributed by atoms with van der Waals surface area (Å²) in [6.07, 6.45) is 0. The number of hydrogen-bond donors (Lipinski definition) is 2. The number of rotatable bonds is 8. The van der Waals surface area contributed by atoms with Crippen molar-refractivity contribution >= 4 is 32.5 Å². The Morgan fingerprint density at radius 3 is 2.35 bits per heavy atom. The summed E-state index contributed by atoms with van der Waals surface area (Å²) in [6.45, 7) is 4.60. The average Bonchev–Trinajstić information content (AvgIpc) is 2.74. The van der Waals surface area contributed by atoms with Gasteiger partial charge in [-0.25, -0.2) is 8.42 Å². The van der Waals surface area contributed by atoms with Crippen LogP contribution in [0.4, 0.5) is 5.69 Å². The predicted octanol–water partition coefficient (Wildman–Crippen LogP) is 2.96. The van der Waals surface area contributed by atoms with Gasteiger partial charge in [0.25, 0.3) is 5.91 Å². The van der Waals surface area contributed by atoms with E-state index in [0.717, 1.165) is 10.9 Å². The molecule has 3 aromatic rings. The van der Waals surface area contributed by atoms with Gasteiger partial charge in [0, 0.05) is 42.9 Å². The molecule has 1 aromatic heterocycles. The van der Waals surface area contributed by atoms with E-state index in [1.807, 2.05) is 0 Å². The number of carbonyl (C=O) groups excluding carboxylic acids is 1. The van der Waals surface area contributed by atoms with Gasteiger partial charge in [-0.05, 0) is 42.0 Å². The first-order valence-electron chi connectivity index (χ1n) is 9.86. The fourth-order valence-corrected chi connectivity index (χ4v) is 4.84. The summed E-state index contributed by atoms with van der Waals surface area (Å²) in [4.78, 5) is 27.4. The molecule has 0 unspecified atom stereocenters. The topological polar surface area (TPSA) is 109 Å². The molecule has 1 amide bonds. The van der Waals surface area contributed by atoms with Gasteiger partial charge in [-0.2, -0.15) is 4.31 Å². The molecule has 0 aliphatic carbocycles. The van der Waals surface area contributed by atoms with Gasteiger partial charge in [0.05, 0.1) is 17.0 Å². The lowest BCUT2D eigenvalue weighted by Crippen LogP contribution is -2.30. The number of aromatic nitrogens is 1. The minimum absolute atomic E-state index is 0.140. The number of amides is 1. The smallest absolute Gasteiger partial charge is 0.255 e. The number of aromatic amines is 1. The standard InChI is InChI=1S/C22H25N3O5S/c1-4-25(5-2)31(28,29)18-9-6-15(7-10-18)22(27)23-17-8-11-19-16(14-30-3)12-21(26)24-20(19)13-17/h6-13H,4-5,14H2,1-3H3,(H,23,27)(H,24,26). The van der Waals surface area contributed by atoms with Crippen LogP contribution in [0, 0.1) is 0 Å². The van der Waals surface area contributed by atoms with Crippen molar-refractivity contribution in [2.45, 2.75) is 25.3 Å². The van der Waals surface area contributed by atoms with Crippen LogP contribution in [0.2, 0.25) is 0 Å². The SMILES string of the molecule is CCN(CC)S(=O)(=O)c1ccc(C(=O)Nc2ccc3c(COC)cc(=O)[nH]c3c2)cc1. The Morgan fingerprint density at radius 2 is 1.74 bits per heavy atom. The fourth-order valence-electron chi connectivity index (χ4n) is 3.38. The van der Waals surface area contributed by atoms with E-state index in [1.54, 1.807) is 39.2 Å². The molecule has 164 valence electrons. The number of sulfonamides is 1. The highest BCUT2D eigenvalue weighted by Crippen LogP contribution is 2.21. The molecule has 3 rings (SSSR count). The number of methoxy groups -OCH3 is 1. The average molecular weight is 444 g/mol. The molecule has 0 saturated carbocycles. The third-order valence-corrected chi connectivity index (χ3v) is 7.01. The second kappa shape index (κ2) is 9.42. The molecule has 2 aromatic carbocycles. The van der Waals surface area contributed by atoms with Crippen molar-refractivity contribution in [3.63, 3.8) is 0 Å². The van der Waals surface area contributed by atoms with Crippen LogP contribution in [0.5, 0.6) is 0 Å². The van der Waals surface area contributed by atoms with Crippen molar-refractivity contribution in [2.75, 3.05) is 25.5 Å². The highest BCUT2D eigenvalue weighted by Gasteiger charge is 2.21. The first-order chi connectivity index (χ1) is 14.8. The third-order valence-electron chi connectivity index (χ3n) is 4.95. The summed E-state index contributed by atoms with van der Waals surface area (Å²) in [5, 5.41) is 3.60. The van der Waals surface area contributed by atoms with Gasteiger partial charge in [-0.1, -0.05) is 19.9 Å². The number of ether oxygens (including phenoxy) is 1. The van der Waals surface area contributed by atoms with Gasteiger partial charge in [0.15, 0.2) is 0 Å². The Labute approximate surface area is 180 Å². The molecule has 0 radical (unpaired) electrons. The van der Waals surface area contributed by atoms with E-state index < -0.39 is 10.0 Å². The van der Waals surface area contributed by atoms with Gasteiger partial charge >= 0.3 is 0 Å². The van der Waals surface area contributed by atoms with E-state index in [4.69, 9.17) is 4.74 Å². The number of benzene rings is 2. The minimum atomic E-state index is -3.58. The van der Waals surface area contributed by atoms with Gasteiger partial charge in [0.2, 0.25) is 15.6 Å². The molecule has 0 bridgehead atoms. The molecule has 0 aliphatic heterocycles. The highest BCUT2D eigenvalue weighted by atomic mass is 32.2. The van der Waals surface area contributed by atoms with Gasteiger partial charge in [-0.15, -0.1) is 0 Å². The maximum atomic E-state index is 12.6.